The highest BCUT2D eigenvalue weighted by atomic mass is 35.5. The van der Waals surface area contributed by atoms with E-state index in [1.807, 2.05) is 24.5 Å². The van der Waals surface area contributed by atoms with E-state index >= 15 is 0 Å². The van der Waals surface area contributed by atoms with Crippen LogP contribution in [0.2, 0.25) is 5.15 Å². The van der Waals surface area contributed by atoms with Crippen LogP contribution in [0.3, 0.4) is 0 Å². The summed E-state index contributed by atoms with van der Waals surface area (Å²) >= 11 is 6.12. The summed E-state index contributed by atoms with van der Waals surface area (Å²) in [5, 5.41) is 9.28. The lowest BCUT2D eigenvalue weighted by Crippen LogP contribution is -2.40. The minimum Gasteiger partial charge on any atom is -0.381 e. The van der Waals surface area contributed by atoms with Gasteiger partial charge in [0.05, 0.1) is 18.0 Å². The van der Waals surface area contributed by atoms with Crippen LogP contribution in [0.25, 0.3) is 27.9 Å². The Hall–Kier alpha value is -2.71. The van der Waals surface area contributed by atoms with Gasteiger partial charge in [0.1, 0.15) is 5.65 Å². The summed E-state index contributed by atoms with van der Waals surface area (Å²) in [4.78, 5) is 16.4. The third-order valence-electron chi connectivity index (χ3n) is 4.79. The number of imidazole rings is 1. The van der Waals surface area contributed by atoms with Crippen LogP contribution >= 0.6 is 11.6 Å². The number of aromatic nitrogens is 6. The highest BCUT2D eigenvalue weighted by molar-refractivity contribution is 6.29. The van der Waals surface area contributed by atoms with Gasteiger partial charge in [0.15, 0.2) is 10.8 Å². The zero-order valence-corrected chi connectivity index (χ0v) is 14.7. The predicted octanol–water partition coefficient (Wildman–Crippen LogP) is 2.91. The van der Waals surface area contributed by atoms with Crippen LogP contribution in [0, 0.1) is 0 Å². The van der Waals surface area contributed by atoms with Crippen LogP contribution in [0.5, 0.6) is 0 Å². The topological polar surface area (TPSA) is 93.0 Å². The summed E-state index contributed by atoms with van der Waals surface area (Å²) in [5.41, 5.74) is 3.16. The number of anilines is 1. The number of rotatable bonds is 4. The van der Waals surface area contributed by atoms with Crippen molar-refractivity contribution in [1.82, 2.24) is 29.5 Å². The van der Waals surface area contributed by atoms with E-state index in [2.05, 4.69) is 30.4 Å². The maximum Gasteiger partial charge on any atom is 0.224 e. The van der Waals surface area contributed by atoms with Gasteiger partial charge in [-0.1, -0.05) is 11.6 Å². The van der Waals surface area contributed by atoms with E-state index in [1.54, 1.807) is 17.8 Å². The number of aromatic amines is 1. The van der Waals surface area contributed by atoms with E-state index in [0.717, 1.165) is 35.1 Å². The fourth-order valence-electron chi connectivity index (χ4n) is 3.24. The monoisotopic (exact) mass is 369 g/mol. The summed E-state index contributed by atoms with van der Waals surface area (Å²) in [5.74, 6) is 0.617. The minimum absolute atomic E-state index is 0.337. The summed E-state index contributed by atoms with van der Waals surface area (Å²) in [6.45, 7) is 0. The van der Waals surface area contributed by atoms with Crippen molar-refractivity contribution in [2.45, 2.75) is 25.0 Å². The Morgan fingerprint density at radius 1 is 1.27 bits per heavy atom. The molecule has 0 bridgehead atoms. The molecule has 1 aliphatic carbocycles. The van der Waals surface area contributed by atoms with Crippen molar-refractivity contribution >= 4 is 34.2 Å². The summed E-state index contributed by atoms with van der Waals surface area (Å²) in [7, 11) is 1.74. The van der Waals surface area contributed by atoms with Crippen LogP contribution in [0.15, 0.2) is 30.7 Å². The van der Waals surface area contributed by atoms with Crippen molar-refractivity contribution in [3.05, 3.63) is 35.9 Å². The first-order chi connectivity index (χ1) is 12.7. The normalized spacial score (nSPS) is 19.8. The lowest BCUT2D eigenvalue weighted by Gasteiger charge is -2.34. The zero-order valence-electron chi connectivity index (χ0n) is 14.0. The second-order valence-corrected chi connectivity index (χ2v) is 6.79. The molecule has 1 aliphatic rings. The molecule has 0 radical (unpaired) electrons. The molecule has 0 unspecified atom stereocenters. The number of H-pyrrole nitrogens is 1. The first-order valence-electron chi connectivity index (χ1n) is 8.35. The number of nitrogens with zero attached hydrogens (tertiary/aromatic N) is 5. The molecule has 5 rings (SSSR count). The number of ether oxygens (including phenoxy) is 1. The predicted molar refractivity (Wildman–Crippen MR) is 98.3 cm³/mol. The molecule has 26 heavy (non-hydrogen) atoms. The van der Waals surface area contributed by atoms with Gasteiger partial charge in [-0.2, -0.15) is 10.1 Å². The van der Waals surface area contributed by atoms with Gasteiger partial charge in [-0.3, -0.25) is 0 Å². The van der Waals surface area contributed by atoms with Crippen LogP contribution < -0.4 is 5.32 Å². The molecule has 4 aromatic heterocycles. The van der Waals surface area contributed by atoms with Crippen molar-refractivity contribution in [3.63, 3.8) is 0 Å². The third kappa shape index (κ3) is 2.49. The second-order valence-electron chi connectivity index (χ2n) is 6.40. The first-order valence-corrected chi connectivity index (χ1v) is 8.73. The lowest BCUT2D eigenvalue weighted by atomic mass is 9.89. The van der Waals surface area contributed by atoms with Crippen LogP contribution in [0.1, 0.15) is 12.8 Å². The van der Waals surface area contributed by atoms with E-state index < -0.39 is 0 Å². The number of hydrogen-bond donors (Lipinski definition) is 2. The summed E-state index contributed by atoms with van der Waals surface area (Å²) < 4.78 is 6.91. The number of halogens is 1. The molecule has 0 spiro atoms. The molecule has 0 saturated heterocycles. The maximum absolute atomic E-state index is 6.12. The molecule has 1 fully saturated rings. The molecule has 8 nitrogen and oxygen atoms in total. The van der Waals surface area contributed by atoms with E-state index in [1.165, 1.54) is 0 Å². The van der Waals surface area contributed by atoms with Crippen LogP contribution in [-0.4, -0.2) is 48.8 Å². The average molecular weight is 370 g/mol. The van der Waals surface area contributed by atoms with Crippen LogP contribution in [-0.2, 0) is 4.74 Å². The standard InChI is InChI=1S/C17H16ClN7O/c1-26-10-4-9(5-10)22-17-21-7-12-11(6-20-16(12)23-17)13-2-3-15-19-8-14(18)25(15)24-13/h2-3,6-10H,4-5H2,1H3,(H2,20,21,22,23). The van der Waals surface area contributed by atoms with E-state index in [4.69, 9.17) is 16.3 Å². The molecule has 0 amide bonds. The van der Waals surface area contributed by atoms with Gasteiger partial charge in [0, 0.05) is 36.5 Å². The fourth-order valence-corrected chi connectivity index (χ4v) is 3.41. The number of methoxy groups -OCH3 is 1. The Morgan fingerprint density at radius 3 is 3.00 bits per heavy atom. The van der Waals surface area contributed by atoms with Crippen LogP contribution in [0.4, 0.5) is 5.95 Å². The van der Waals surface area contributed by atoms with Crippen molar-refractivity contribution in [2.75, 3.05) is 12.4 Å². The molecular formula is C17H16ClN7O. The fraction of sp³-hybridized carbons (Fsp3) is 0.294. The highest BCUT2D eigenvalue weighted by Crippen LogP contribution is 2.29. The van der Waals surface area contributed by atoms with Gasteiger partial charge in [-0.15, -0.1) is 0 Å². The highest BCUT2D eigenvalue weighted by Gasteiger charge is 2.29. The Bertz CT molecular complexity index is 1100. The van der Waals surface area contributed by atoms with Gasteiger partial charge < -0.3 is 15.0 Å². The molecule has 0 aliphatic heterocycles. The minimum atomic E-state index is 0.337. The lowest BCUT2D eigenvalue weighted by molar-refractivity contribution is 0.0327. The zero-order chi connectivity index (χ0) is 17.7. The Labute approximate surface area is 153 Å². The number of fused-ring (bicyclic) bond motifs is 2. The SMILES string of the molecule is COC1CC(Nc2ncc3c(-c4ccc5ncc(Cl)n5n4)c[nH]c3n2)C1. The molecule has 132 valence electrons. The Balaban J connectivity index is 1.46. The van der Waals surface area contributed by atoms with E-state index in [0.29, 0.717) is 28.9 Å². The first kappa shape index (κ1) is 15.5. The largest absolute Gasteiger partial charge is 0.381 e. The Kier molecular flexibility index (Phi) is 3.54. The molecule has 9 heteroatoms. The van der Waals surface area contributed by atoms with Gasteiger partial charge >= 0.3 is 0 Å². The van der Waals surface area contributed by atoms with E-state index in [9.17, 15) is 0 Å². The summed E-state index contributed by atoms with van der Waals surface area (Å²) in [6.07, 6.45) is 7.56. The number of hydrogen-bond acceptors (Lipinski definition) is 6. The maximum atomic E-state index is 6.12. The van der Waals surface area contributed by atoms with Crippen molar-refractivity contribution in [1.29, 1.82) is 0 Å². The molecular weight excluding hydrogens is 354 g/mol. The molecule has 0 aromatic carbocycles. The van der Waals surface area contributed by atoms with Gasteiger partial charge in [0.25, 0.3) is 0 Å². The smallest absolute Gasteiger partial charge is 0.224 e. The third-order valence-corrected chi connectivity index (χ3v) is 5.05. The number of nitrogens with one attached hydrogen (secondary N) is 2. The van der Waals surface area contributed by atoms with Gasteiger partial charge in [-0.05, 0) is 25.0 Å². The molecule has 4 heterocycles. The quantitative estimate of drug-likeness (QED) is 0.574. The van der Waals surface area contributed by atoms with Gasteiger partial charge in [-0.25, -0.2) is 14.5 Å². The molecule has 1 saturated carbocycles. The van der Waals surface area contributed by atoms with Crippen molar-refractivity contribution in [2.24, 2.45) is 0 Å². The Morgan fingerprint density at radius 2 is 2.15 bits per heavy atom. The average Bonchev–Trinajstić information content (AvgIpc) is 3.21. The molecule has 0 atom stereocenters. The molecule has 2 N–H and O–H groups in total. The summed E-state index contributed by atoms with van der Waals surface area (Å²) in [6, 6.07) is 4.15. The second kappa shape index (κ2) is 5.93. The molecule has 4 aromatic rings. The van der Waals surface area contributed by atoms with E-state index in [-0.39, 0.29) is 0 Å². The van der Waals surface area contributed by atoms with Crippen molar-refractivity contribution < 1.29 is 4.74 Å². The van der Waals surface area contributed by atoms with Crippen molar-refractivity contribution in [3.8, 4) is 11.3 Å². The van der Waals surface area contributed by atoms with Gasteiger partial charge in [0.2, 0.25) is 5.95 Å².